The number of nitrogens with zero attached hydrogens (tertiary/aromatic N) is 2. The van der Waals surface area contributed by atoms with Crippen molar-refractivity contribution in [2.75, 3.05) is 0 Å². The van der Waals surface area contributed by atoms with E-state index in [9.17, 15) is 9.18 Å². The van der Waals surface area contributed by atoms with E-state index in [0.29, 0.717) is 30.0 Å². The van der Waals surface area contributed by atoms with Crippen molar-refractivity contribution in [3.05, 3.63) is 46.0 Å². The molecule has 0 amide bonds. The summed E-state index contributed by atoms with van der Waals surface area (Å²) in [6, 6.07) is 4.21. The van der Waals surface area contributed by atoms with Gasteiger partial charge in [0, 0.05) is 6.54 Å². The van der Waals surface area contributed by atoms with Crippen molar-refractivity contribution in [1.82, 2.24) is 9.78 Å². The smallest absolute Gasteiger partial charge is 0.166 e. The molecule has 1 heterocycles. The summed E-state index contributed by atoms with van der Waals surface area (Å²) >= 11 is 6.26. The summed E-state index contributed by atoms with van der Waals surface area (Å²) in [6.07, 6.45) is 1.27. The molecule has 1 aromatic heterocycles. The van der Waals surface area contributed by atoms with E-state index in [1.807, 2.05) is 13.8 Å². The molecule has 0 saturated carbocycles. The van der Waals surface area contributed by atoms with Gasteiger partial charge in [-0.15, -0.1) is 0 Å². The molecule has 1 aromatic carbocycles. The maximum Gasteiger partial charge on any atom is 0.166 e. The predicted molar refractivity (Wildman–Crippen MR) is 78.4 cm³/mol. The predicted octanol–water partition coefficient (Wildman–Crippen LogP) is 3.65. The van der Waals surface area contributed by atoms with Crippen LogP contribution in [0.1, 0.15) is 35.6 Å². The van der Waals surface area contributed by atoms with E-state index in [0.717, 1.165) is 5.69 Å². The van der Waals surface area contributed by atoms with Gasteiger partial charge in [-0.25, -0.2) is 4.39 Å². The number of aryl methyl sites for hydroxylation is 2. The van der Waals surface area contributed by atoms with Gasteiger partial charge >= 0.3 is 0 Å². The van der Waals surface area contributed by atoms with Gasteiger partial charge in [0.15, 0.2) is 17.9 Å². The number of halogens is 2. The van der Waals surface area contributed by atoms with Gasteiger partial charge in [0.2, 0.25) is 0 Å². The van der Waals surface area contributed by atoms with Crippen molar-refractivity contribution in [1.29, 1.82) is 0 Å². The van der Waals surface area contributed by atoms with E-state index < -0.39 is 5.82 Å². The molecule has 0 saturated heterocycles. The number of ether oxygens (including phenoxy) is 1. The van der Waals surface area contributed by atoms with E-state index in [1.54, 1.807) is 4.68 Å². The lowest BCUT2D eigenvalue weighted by Gasteiger charge is -2.10. The van der Waals surface area contributed by atoms with Gasteiger partial charge in [0.25, 0.3) is 0 Å². The Morgan fingerprint density at radius 3 is 2.81 bits per heavy atom. The van der Waals surface area contributed by atoms with Crippen LogP contribution in [-0.2, 0) is 19.6 Å². The molecule has 0 aliphatic carbocycles. The van der Waals surface area contributed by atoms with Gasteiger partial charge in [-0.05, 0) is 25.5 Å². The molecule has 0 unspecified atom stereocenters. The summed E-state index contributed by atoms with van der Waals surface area (Å²) in [7, 11) is 0. The van der Waals surface area contributed by atoms with Crippen LogP contribution in [0, 0.1) is 5.82 Å². The average Bonchev–Trinajstić information content (AvgIpc) is 2.81. The molecule has 2 aromatic rings. The molecule has 2 rings (SSSR count). The lowest BCUT2D eigenvalue weighted by Crippen LogP contribution is -2.08. The largest absolute Gasteiger partial charge is 0.483 e. The van der Waals surface area contributed by atoms with Crippen LogP contribution in [-0.4, -0.2) is 16.1 Å². The normalized spacial score (nSPS) is 10.7. The second-order valence-electron chi connectivity index (χ2n) is 4.44. The first-order valence-electron chi connectivity index (χ1n) is 6.72. The minimum absolute atomic E-state index is 0.0570. The molecule has 112 valence electrons. The second-order valence-corrected chi connectivity index (χ2v) is 4.82. The van der Waals surface area contributed by atoms with Crippen molar-refractivity contribution in [3.8, 4) is 5.75 Å². The van der Waals surface area contributed by atoms with Crippen molar-refractivity contribution in [2.45, 2.75) is 33.4 Å². The Morgan fingerprint density at radius 1 is 1.43 bits per heavy atom. The molecule has 0 aliphatic heterocycles. The highest BCUT2D eigenvalue weighted by atomic mass is 35.5. The summed E-state index contributed by atoms with van der Waals surface area (Å²) in [6.45, 7) is 4.59. The highest BCUT2D eigenvalue weighted by Crippen LogP contribution is 2.26. The third kappa shape index (κ3) is 3.08. The van der Waals surface area contributed by atoms with Crippen LogP contribution in [0.25, 0.3) is 0 Å². The van der Waals surface area contributed by atoms with Gasteiger partial charge in [0.05, 0.1) is 22.0 Å². The second kappa shape index (κ2) is 6.72. The summed E-state index contributed by atoms with van der Waals surface area (Å²) in [5.41, 5.74) is 1.63. The fourth-order valence-electron chi connectivity index (χ4n) is 2.07. The van der Waals surface area contributed by atoms with Crippen molar-refractivity contribution < 1.29 is 13.9 Å². The van der Waals surface area contributed by atoms with Gasteiger partial charge in [-0.2, -0.15) is 5.10 Å². The number of rotatable bonds is 6. The minimum atomic E-state index is -0.575. The molecule has 0 atom stereocenters. The maximum absolute atomic E-state index is 13.8. The van der Waals surface area contributed by atoms with Crippen LogP contribution in [0.15, 0.2) is 18.2 Å². The number of hydrogen-bond donors (Lipinski definition) is 0. The fraction of sp³-hybridized carbons (Fsp3) is 0.333. The average molecular weight is 311 g/mol. The third-order valence-corrected chi connectivity index (χ3v) is 3.61. The van der Waals surface area contributed by atoms with Crippen LogP contribution in [0.5, 0.6) is 5.75 Å². The van der Waals surface area contributed by atoms with Crippen LogP contribution >= 0.6 is 11.6 Å². The van der Waals surface area contributed by atoms with Crippen molar-refractivity contribution in [2.24, 2.45) is 0 Å². The van der Waals surface area contributed by atoms with E-state index in [1.165, 1.54) is 18.2 Å². The molecule has 21 heavy (non-hydrogen) atoms. The number of para-hydroxylation sites is 1. The lowest BCUT2D eigenvalue weighted by molar-refractivity contribution is 0.111. The Labute approximate surface area is 127 Å². The Bertz CT molecular complexity index is 655. The molecule has 0 spiro atoms. The zero-order valence-electron chi connectivity index (χ0n) is 11.9. The Balaban J connectivity index is 2.28. The van der Waals surface area contributed by atoms with Crippen molar-refractivity contribution in [3.63, 3.8) is 0 Å². The van der Waals surface area contributed by atoms with E-state index in [2.05, 4.69) is 5.10 Å². The summed E-state index contributed by atoms with van der Waals surface area (Å²) in [5.74, 6) is -0.639. The zero-order valence-corrected chi connectivity index (χ0v) is 12.7. The number of carbonyl (C=O) groups excluding carboxylic acids is 1. The number of benzene rings is 1. The molecule has 0 bridgehead atoms. The molecule has 0 N–H and O–H groups in total. The quantitative estimate of drug-likeness (QED) is 0.765. The first-order chi connectivity index (χ1) is 10.1. The Kier molecular flexibility index (Phi) is 4.96. The third-order valence-electron chi connectivity index (χ3n) is 3.17. The van der Waals surface area contributed by atoms with Crippen LogP contribution < -0.4 is 4.74 Å². The van der Waals surface area contributed by atoms with E-state index in [-0.39, 0.29) is 17.9 Å². The zero-order chi connectivity index (χ0) is 15.4. The monoisotopic (exact) mass is 310 g/mol. The summed E-state index contributed by atoms with van der Waals surface area (Å²) in [5, 5.41) is 4.90. The fourth-order valence-corrected chi connectivity index (χ4v) is 2.39. The summed E-state index contributed by atoms with van der Waals surface area (Å²) < 4.78 is 21.0. The van der Waals surface area contributed by atoms with Gasteiger partial charge in [-0.3, -0.25) is 9.48 Å². The molecular weight excluding hydrogens is 295 g/mol. The van der Waals surface area contributed by atoms with Gasteiger partial charge in [-0.1, -0.05) is 24.6 Å². The van der Waals surface area contributed by atoms with E-state index >= 15 is 0 Å². The number of aldehydes is 1. The topological polar surface area (TPSA) is 44.1 Å². The lowest BCUT2D eigenvalue weighted by atomic mass is 10.2. The number of hydrogen-bond acceptors (Lipinski definition) is 3. The maximum atomic E-state index is 13.8. The highest BCUT2D eigenvalue weighted by Gasteiger charge is 2.16. The summed E-state index contributed by atoms with van der Waals surface area (Å²) in [4.78, 5) is 10.9. The van der Waals surface area contributed by atoms with Gasteiger partial charge in [0.1, 0.15) is 6.61 Å². The molecule has 4 nitrogen and oxygen atoms in total. The molecule has 0 aliphatic rings. The first kappa shape index (κ1) is 15.5. The number of carbonyl (C=O) groups is 1. The van der Waals surface area contributed by atoms with E-state index in [4.69, 9.17) is 16.3 Å². The van der Waals surface area contributed by atoms with Crippen LogP contribution in [0.3, 0.4) is 0 Å². The molecule has 0 radical (unpaired) electrons. The molecular formula is C15H16ClFN2O2. The Morgan fingerprint density at radius 2 is 2.19 bits per heavy atom. The van der Waals surface area contributed by atoms with Crippen LogP contribution in [0.2, 0.25) is 5.02 Å². The minimum Gasteiger partial charge on any atom is -0.483 e. The first-order valence-corrected chi connectivity index (χ1v) is 7.10. The highest BCUT2D eigenvalue weighted by molar-refractivity contribution is 6.31. The number of aromatic nitrogens is 2. The standard InChI is InChI=1S/C15H16ClFN2O2/c1-3-12-14(16)13(19(4-2)18-12)9-21-15-10(8-20)6-5-7-11(15)17/h5-8H,3-4,9H2,1-2H3. The van der Waals surface area contributed by atoms with Crippen LogP contribution in [0.4, 0.5) is 4.39 Å². The van der Waals surface area contributed by atoms with Gasteiger partial charge < -0.3 is 4.74 Å². The SMILES string of the molecule is CCc1nn(CC)c(COc2c(F)cccc2C=O)c1Cl. The molecule has 0 fully saturated rings. The Hall–Kier alpha value is -1.88. The molecule has 6 heteroatoms. The van der Waals surface area contributed by atoms with Crippen molar-refractivity contribution >= 4 is 17.9 Å².